The standard InChI is InChI=1S/C10H10ClNO4S2/c1-8-3-2-4-9(7-12)10(8)17(13,14)5-6-18(11,15)16/h2-4H,5-6H2,1H3. The fourth-order valence-electron chi connectivity index (χ4n) is 1.46. The number of hydrogen-bond acceptors (Lipinski definition) is 5. The molecule has 18 heavy (non-hydrogen) atoms. The number of nitrogens with zero attached hydrogens (tertiary/aromatic N) is 1. The smallest absolute Gasteiger partial charge is 0.224 e. The predicted octanol–water partition coefficient (Wildman–Crippen LogP) is 1.21. The Morgan fingerprint density at radius 2 is 1.83 bits per heavy atom. The van der Waals surface area contributed by atoms with E-state index in [0.29, 0.717) is 5.56 Å². The van der Waals surface area contributed by atoms with Gasteiger partial charge in [-0.15, -0.1) is 0 Å². The number of benzene rings is 1. The first-order valence-corrected chi connectivity index (χ1v) is 8.95. The summed E-state index contributed by atoms with van der Waals surface area (Å²) in [5.74, 6) is -1.32. The van der Waals surface area contributed by atoms with Crippen molar-refractivity contribution in [2.75, 3.05) is 11.5 Å². The molecule has 98 valence electrons. The number of hydrogen-bond donors (Lipinski definition) is 0. The van der Waals surface area contributed by atoms with Gasteiger partial charge in [0, 0.05) is 10.7 Å². The summed E-state index contributed by atoms with van der Waals surface area (Å²) in [7, 11) is -2.76. The molecule has 0 saturated carbocycles. The van der Waals surface area contributed by atoms with Crippen LogP contribution in [0.1, 0.15) is 11.1 Å². The van der Waals surface area contributed by atoms with E-state index in [-0.39, 0.29) is 10.5 Å². The summed E-state index contributed by atoms with van der Waals surface area (Å²) < 4.78 is 45.6. The van der Waals surface area contributed by atoms with Gasteiger partial charge < -0.3 is 0 Å². The molecule has 0 amide bonds. The average molecular weight is 308 g/mol. The van der Waals surface area contributed by atoms with E-state index in [2.05, 4.69) is 0 Å². The molecule has 0 spiro atoms. The molecule has 0 atom stereocenters. The summed E-state index contributed by atoms with van der Waals surface area (Å²) in [5, 5.41) is 8.88. The zero-order chi connectivity index (χ0) is 14.0. The van der Waals surface area contributed by atoms with Crippen LogP contribution in [0.15, 0.2) is 23.1 Å². The molecule has 0 aliphatic carbocycles. The van der Waals surface area contributed by atoms with Crippen molar-refractivity contribution in [1.29, 1.82) is 5.26 Å². The third kappa shape index (κ3) is 3.70. The van der Waals surface area contributed by atoms with Crippen LogP contribution < -0.4 is 0 Å². The quantitative estimate of drug-likeness (QED) is 0.780. The zero-order valence-electron chi connectivity index (χ0n) is 9.42. The lowest BCUT2D eigenvalue weighted by atomic mass is 10.1. The molecule has 0 unspecified atom stereocenters. The number of rotatable bonds is 4. The highest BCUT2D eigenvalue weighted by Crippen LogP contribution is 2.21. The molecule has 0 aliphatic rings. The van der Waals surface area contributed by atoms with Gasteiger partial charge in [-0.05, 0) is 18.6 Å². The molecule has 5 nitrogen and oxygen atoms in total. The molecule has 1 aromatic carbocycles. The fourth-order valence-corrected chi connectivity index (χ4v) is 4.92. The SMILES string of the molecule is Cc1cccc(C#N)c1S(=O)(=O)CCS(=O)(=O)Cl. The third-order valence-electron chi connectivity index (χ3n) is 2.24. The topological polar surface area (TPSA) is 92.1 Å². The summed E-state index contributed by atoms with van der Waals surface area (Å²) in [6.07, 6.45) is 0. The van der Waals surface area contributed by atoms with Gasteiger partial charge in [-0.2, -0.15) is 5.26 Å². The molecule has 1 aromatic rings. The van der Waals surface area contributed by atoms with E-state index in [1.54, 1.807) is 25.1 Å². The van der Waals surface area contributed by atoms with E-state index >= 15 is 0 Å². The normalized spacial score (nSPS) is 12.1. The molecule has 0 N–H and O–H groups in total. The fraction of sp³-hybridized carbons (Fsp3) is 0.300. The third-order valence-corrected chi connectivity index (χ3v) is 5.56. The molecule has 1 rings (SSSR count). The van der Waals surface area contributed by atoms with Gasteiger partial charge in [0.1, 0.15) is 6.07 Å². The van der Waals surface area contributed by atoms with Gasteiger partial charge in [-0.3, -0.25) is 0 Å². The van der Waals surface area contributed by atoms with E-state index in [1.165, 1.54) is 6.07 Å². The van der Waals surface area contributed by atoms with Crippen LogP contribution in [0.3, 0.4) is 0 Å². The Bertz CT molecular complexity index is 702. The second-order valence-corrected chi connectivity index (χ2v) is 8.57. The van der Waals surface area contributed by atoms with E-state index < -0.39 is 30.4 Å². The Labute approximate surface area is 110 Å². The lowest BCUT2D eigenvalue weighted by molar-refractivity contribution is 0.592. The number of halogens is 1. The molecule has 8 heteroatoms. The van der Waals surface area contributed by atoms with E-state index in [4.69, 9.17) is 15.9 Å². The minimum Gasteiger partial charge on any atom is -0.224 e. The molecule has 0 fully saturated rings. The first-order valence-electron chi connectivity index (χ1n) is 4.82. The zero-order valence-corrected chi connectivity index (χ0v) is 11.8. The van der Waals surface area contributed by atoms with Crippen LogP contribution in [0.5, 0.6) is 0 Å². The summed E-state index contributed by atoms with van der Waals surface area (Å²) in [5.41, 5.74) is 0.406. The van der Waals surface area contributed by atoms with Gasteiger partial charge in [-0.1, -0.05) is 12.1 Å². The second kappa shape index (κ2) is 5.26. The number of aryl methyl sites for hydroxylation is 1. The highest BCUT2D eigenvalue weighted by molar-refractivity contribution is 8.14. The van der Waals surface area contributed by atoms with Crippen molar-refractivity contribution in [3.8, 4) is 6.07 Å². The lowest BCUT2D eigenvalue weighted by Crippen LogP contribution is -2.16. The average Bonchev–Trinajstić information content (AvgIpc) is 2.25. The van der Waals surface area contributed by atoms with Crippen molar-refractivity contribution in [2.24, 2.45) is 0 Å². The monoisotopic (exact) mass is 307 g/mol. The van der Waals surface area contributed by atoms with Crippen molar-refractivity contribution in [3.05, 3.63) is 29.3 Å². The first kappa shape index (κ1) is 15.0. The van der Waals surface area contributed by atoms with Crippen molar-refractivity contribution >= 4 is 29.6 Å². The molecule has 0 aliphatic heterocycles. The second-order valence-electron chi connectivity index (χ2n) is 3.63. The van der Waals surface area contributed by atoms with Crippen molar-refractivity contribution in [2.45, 2.75) is 11.8 Å². The van der Waals surface area contributed by atoms with Gasteiger partial charge in [0.05, 0.1) is 22.0 Å². The van der Waals surface area contributed by atoms with Crippen LogP contribution in [0.4, 0.5) is 0 Å². The number of sulfone groups is 1. The Balaban J connectivity index is 3.26. The summed E-state index contributed by atoms with van der Waals surface area (Å²) in [6, 6.07) is 6.25. The lowest BCUT2D eigenvalue weighted by Gasteiger charge is -2.08. The van der Waals surface area contributed by atoms with Crippen LogP contribution in [-0.2, 0) is 18.9 Å². The molecule has 0 radical (unpaired) electrons. The maximum absolute atomic E-state index is 12.0. The van der Waals surface area contributed by atoms with Crippen LogP contribution in [0, 0.1) is 18.3 Å². The van der Waals surface area contributed by atoms with Crippen LogP contribution in [0.25, 0.3) is 0 Å². The molecule has 0 bridgehead atoms. The van der Waals surface area contributed by atoms with Crippen LogP contribution >= 0.6 is 10.7 Å². The molecule has 0 heterocycles. The van der Waals surface area contributed by atoms with Gasteiger partial charge in [0.2, 0.25) is 9.05 Å². The van der Waals surface area contributed by atoms with Crippen LogP contribution in [-0.4, -0.2) is 28.3 Å². The van der Waals surface area contributed by atoms with E-state index in [0.717, 1.165) is 0 Å². The Morgan fingerprint density at radius 1 is 1.22 bits per heavy atom. The Hall–Kier alpha value is -1.10. The summed E-state index contributed by atoms with van der Waals surface area (Å²) in [4.78, 5) is -0.132. The van der Waals surface area contributed by atoms with E-state index in [1.807, 2.05) is 0 Å². The molecule has 0 saturated heterocycles. The first-order chi connectivity index (χ1) is 8.17. The highest BCUT2D eigenvalue weighted by atomic mass is 35.7. The Morgan fingerprint density at radius 3 is 2.33 bits per heavy atom. The van der Waals surface area contributed by atoms with Crippen molar-refractivity contribution in [1.82, 2.24) is 0 Å². The van der Waals surface area contributed by atoms with Crippen molar-refractivity contribution < 1.29 is 16.8 Å². The minimum absolute atomic E-state index is 0.00182. The molecule has 0 aromatic heterocycles. The maximum Gasteiger partial charge on any atom is 0.233 e. The predicted molar refractivity (Wildman–Crippen MR) is 67.6 cm³/mol. The minimum atomic E-state index is -3.89. The van der Waals surface area contributed by atoms with Crippen molar-refractivity contribution in [3.63, 3.8) is 0 Å². The van der Waals surface area contributed by atoms with Gasteiger partial charge in [-0.25, -0.2) is 16.8 Å². The number of nitriles is 1. The van der Waals surface area contributed by atoms with Crippen LogP contribution in [0.2, 0.25) is 0 Å². The Kier molecular flexibility index (Phi) is 4.37. The van der Waals surface area contributed by atoms with Gasteiger partial charge in [0.15, 0.2) is 9.84 Å². The summed E-state index contributed by atoms with van der Waals surface area (Å²) >= 11 is 0. The summed E-state index contributed by atoms with van der Waals surface area (Å²) in [6.45, 7) is 1.54. The van der Waals surface area contributed by atoms with Gasteiger partial charge in [0.25, 0.3) is 0 Å². The molecular formula is C10H10ClNO4S2. The van der Waals surface area contributed by atoms with Gasteiger partial charge >= 0.3 is 0 Å². The molecular weight excluding hydrogens is 298 g/mol. The highest BCUT2D eigenvalue weighted by Gasteiger charge is 2.23. The largest absolute Gasteiger partial charge is 0.233 e. The van der Waals surface area contributed by atoms with E-state index in [9.17, 15) is 16.8 Å². The maximum atomic E-state index is 12.0.